The lowest BCUT2D eigenvalue weighted by atomic mass is 9.61. The lowest BCUT2D eigenvalue weighted by Crippen LogP contribution is -2.37. The molecule has 1 heterocycles. The molecule has 0 saturated heterocycles. The molecule has 0 unspecified atom stereocenters. The van der Waals surface area contributed by atoms with Crippen molar-refractivity contribution < 1.29 is 0 Å². The van der Waals surface area contributed by atoms with E-state index in [1.54, 1.807) is 0 Å². The van der Waals surface area contributed by atoms with Gasteiger partial charge in [-0.1, -0.05) is 93.9 Å². The van der Waals surface area contributed by atoms with Crippen molar-refractivity contribution in [1.29, 1.82) is 0 Å². The van der Waals surface area contributed by atoms with Crippen LogP contribution in [-0.4, -0.2) is 6.21 Å². The molecule has 0 amide bonds. The minimum Gasteiger partial charge on any atom is -0.260 e. The molecule has 0 radical (unpaired) electrons. The number of nitrogens with zero attached hydrogens (tertiary/aromatic N) is 1. The van der Waals surface area contributed by atoms with Crippen molar-refractivity contribution in [3.05, 3.63) is 83.4 Å². The van der Waals surface area contributed by atoms with Gasteiger partial charge in [0, 0.05) is 22.6 Å². The number of aryl methyl sites for hydroxylation is 1. The number of aliphatic imine (C=N–C) groups is 1. The quantitative estimate of drug-likeness (QED) is 0.464. The summed E-state index contributed by atoms with van der Waals surface area (Å²) < 4.78 is 0. The second kappa shape index (κ2) is 6.20. The maximum Gasteiger partial charge on any atom is 0.0742 e. The minimum absolute atomic E-state index is 0.0203. The van der Waals surface area contributed by atoms with Gasteiger partial charge in [-0.3, -0.25) is 4.99 Å². The number of hydrogen-bond acceptors (Lipinski definition) is 1. The molecule has 0 spiro atoms. The molecule has 0 atom stereocenters. The van der Waals surface area contributed by atoms with Crippen LogP contribution in [0, 0.1) is 17.8 Å². The summed E-state index contributed by atoms with van der Waals surface area (Å²) in [6, 6.07) is 24.1. The largest absolute Gasteiger partial charge is 0.260 e. The van der Waals surface area contributed by atoms with Gasteiger partial charge >= 0.3 is 0 Å². The van der Waals surface area contributed by atoms with Gasteiger partial charge in [0.05, 0.1) is 5.70 Å². The third kappa shape index (κ3) is 2.92. The van der Waals surface area contributed by atoms with Crippen molar-refractivity contribution in [3.63, 3.8) is 0 Å². The molecule has 3 aromatic carbocycles. The van der Waals surface area contributed by atoms with E-state index in [0.29, 0.717) is 0 Å². The Bertz CT molecular complexity index is 1060. The van der Waals surface area contributed by atoms with E-state index in [0.717, 1.165) is 5.70 Å². The van der Waals surface area contributed by atoms with Gasteiger partial charge in [-0.05, 0) is 34.9 Å². The van der Waals surface area contributed by atoms with Crippen molar-refractivity contribution in [2.75, 3.05) is 0 Å². The topological polar surface area (TPSA) is 12.4 Å². The van der Waals surface area contributed by atoms with Crippen LogP contribution in [0.25, 0.3) is 22.0 Å². The molecular formula is C26H27N. The van der Waals surface area contributed by atoms with Gasteiger partial charge in [-0.25, -0.2) is 0 Å². The van der Waals surface area contributed by atoms with E-state index >= 15 is 0 Å². The number of benzene rings is 3. The molecule has 0 fully saturated rings. The summed E-state index contributed by atoms with van der Waals surface area (Å²) in [5.41, 5.74) is 6.09. The van der Waals surface area contributed by atoms with Crippen molar-refractivity contribution in [1.82, 2.24) is 0 Å². The zero-order valence-electron chi connectivity index (χ0n) is 16.9. The van der Waals surface area contributed by atoms with E-state index in [9.17, 15) is 0 Å². The summed E-state index contributed by atoms with van der Waals surface area (Å²) in [7, 11) is 0. The Morgan fingerprint density at radius 3 is 2.04 bits per heavy atom. The molecule has 0 aliphatic carbocycles. The maximum atomic E-state index is 4.99. The standard InChI is InChI=1S/C26H27N/c1-18-10-12-20(13-11-18)23-24(27-17-25(2,3)26(23,4)5)22-15-14-19-8-6-7-9-21(19)16-22/h6-17H,1-5H3. The summed E-state index contributed by atoms with van der Waals surface area (Å²) in [5.74, 6) is 0. The Labute approximate surface area is 162 Å². The minimum atomic E-state index is -0.0367. The lowest BCUT2D eigenvalue weighted by Gasteiger charge is -2.44. The molecule has 0 saturated carbocycles. The molecule has 0 N–H and O–H groups in total. The number of allylic oxidation sites excluding steroid dienone is 1. The van der Waals surface area contributed by atoms with Gasteiger partial charge in [0.1, 0.15) is 0 Å². The molecule has 27 heavy (non-hydrogen) atoms. The zero-order valence-corrected chi connectivity index (χ0v) is 16.9. The Kier molecular flexibility index (Phi) is 4.07. The fourth-order valence-electron chi connectivity index (χ4n) is 3.84. The zero-order chi connectivity index (χ0) is 19.2. The summed E-state index contributed by atoms with van der Waals surface area (Å²) in [6.45, 7) is 11.4. The van der Waals surface area contributed by atoms with Crippen molar-refractivity contribution in [2.24, 2.45) is 15.8 Å². The smallest absolute Gasteiger partial charge is 0.0742 e. The van der Waals surface area contributed by atoms with E-state index in [1.165, 1.54) is 33.0 Å². The van der Waals surface area contributed by atoms with Crippen molar-refractivity contribution in [2.45, 2.75) is 34.6 Å². The predicted molar refractivity (Wildman–Crippen MR) is 118 cm³/mol. The Morgan fingerprint density at radius 1 is 0.704 bits per heavy atom. The number of fused-ring (bicyclic) bond motifs is 1. The summed E-state index contributed by atoms with van der Waals surface area (Å²) in [6.07, 6.45) is 2.13. The number of hydrogen-bond donors (Lipinski definition) is 0. The van der Waals surface area contributed by atoms with E-state index < -0.39 is 0 Å². The van der Waals surface area contributed by atoms with Crippen molar-refractivity contribution >= 4 is 28.3 Å². The van der Waals surface area contributed by atoms with Crippen LogP contribution >= 0.6 is 0 Å². The molecule has 0 aromatic heterocycles. The third-order valence-corrected chi connectivity index (χ3v) is 6.35. The first-order valence-electron chi connectivity index (χ1n) is 9.66. The van der Waals surface area contributed by atoms with E-state index in [2.05, 4.69) is 108 Å². The summed E-state index contributed by atoms with van der Waals surface area (Å²) in [4.78, 5) is 4.99. The van der Waals surface area contributed by atoms with Gasteiger partial charge < -0.3 is 0 Å². The maximum absolute atomic E-state index is 4.99. The van der Waals surface area contributed by atoms with E-state index in [-0.39, 0.29) is 10.8 Å². The van der Waals surface area contributed by atoms with E-state index in [4.69, 9.17) is 4.99 Å². The first kappa shape index (κ1) is 17.7. The fourth-order valence-corrected chi connectivity index (χ4v) is 3.84. The van der Waals surface area contributed by atoms with Gasteiger partial charge in [0.25, 0.3) is 0 Å². The molecule has 1 nitrogen and oxygen atoms in total. The summed E-state index contributed by atoms with van der Waals surface area (Å²) >= 11 is 0. The van der Waals surface area contributed by atoms with Gasteiger partial charge in [0.2, 0.25) is 0 Å². The molecule has 1 aliphatic heterocycles. The first-order chi connectivity index (χ1) is 12.8. The molecule has 136 valence electrons. The van der Waals surface area contributed by atoms with Gasteiger partial charge in [-0.15, -0.1) is 0 Å². The Hall–Kier alpha value is -2.67. The number of rotatable bonds is 2. The van der Waals surface area contributed by atoms with E-state index in [1.807, 2.05) is 0 Å². The summed E-state index contributed by atoms with van der Waals surface area (Å²) in [5, 5.41) is 2.52. The third-order valence-electron chi connectivity index (χ3n) is 6.35. The highest BCUT2D eigenvalue weighted by molar-refractivity contribution is 6.01. The lowest BCUT2D eigenvalue weighted by molar-refractivity contribution is 0.277. The molecule has 1 heteroatoms. The van der Waals surface area contributed by atoms with Gasteiger partial charge in [0.15, 0.2) is 0 Å². The van der Waals surface area contributed by atoms with Crippen molar-refractivity contribution in [3.8, 4) is 0 Å². The second-order valence-electron chi connectivity index (χ2n) is 8.76. The molecular weight excluding hydrogens is 326 g/mol. The monoisotopic (exact) mass is 353 g/mol. The highest BCUT2D eigenvalue weighted by Gasteiger charge is 2.43. The van der Waals surface area contributed by atoms with Crippen LogP contribution in [-0.2, 0) is 0 Å². The normalized spacial score (nSPS) is 18.1. The van der Waals surface area contributed by atoms with Crippen LogP contribution in [0.1, 0.15) is 44.4 Å². The molecule has 0 bridgehead atoms. The van der Waals surface area contributed by atoms with Gasteiger partial charge in [-0.2, -0.15) is 0 Å². The van der Waals surface area contributed by atoms with Crippen LogP contribution in [0.5, 0.6) is 0 Å². The van der Waals surface area contributed by atoms with Crippen LogP contribution in [0.4, 0.5) is 0 Å². The Morgan fingerprint density at radius 2 is 1.33 bits per heavy atom. The average Bonchev–Trinajstić information content (AvgIpc) is 2.64. The SMILES string of the molecule is Cc1ccc(C2=C(c3ccc4ccccc4c3)N=CC(C)(C)C2(C)C)cc1. The molecule has 1 aliphatic rings. The molecule has 4 rings (SSSR count). The first-order valence-corrected chi connectivity index (χ1v) is 9.66. The van der Waals surface area contributed by atoms with Crippen LogP contribution in [0.3, 0.4) is 0 Å². The Balaban J connectivity index is 2.00. The molecule has 3 aromatic rings. The highest BCUT2D eigenvalue weighted by atomic mass is 14.8. The van der Waals surface area contributed by atoms with Crippen LogP contribution in [0.15, 0.2) is 71.7 Å². The highest BCUT2D eigenvalue weighted by Crippen LogP contribution is 2.53. The van der Waals surface area contributed by atoms with Crippen LogP contribution < -0.4 is 0 Å². The average molecular weight is 354 g/mol. The fraction of sp³-hybridized carbons (Fsp3) is 0.269. The predicted octanol–water partition coefficient (Wildman–Crippen LogP) is 7.15. The van der Waals surface area contributed by atoms with Crippen LogP contribution in [0.2, 0.25) is 0 Å². The second-order valence-corrected chi connectivity index (χ2v) is 8.76.